The van der Waals surface area contributed by atoms with Gasteiger partial charge in [0.15, 0.2) is 0 Å². The molecule has 0 fully saturated rings. The Morgan fingerprint density at radius 2 is 1.35 bits per heavy atom. The largest absolute Gasteiger partial charge is 0.500 e. The van der Waals surface area contributed by atoms with Crippen molar-refractivity contribution in [1.29, 1.82) is 0 Å². The normalized spacial score (nSPS) is 12.2. The monoisotopic (exact) mass is 384 g/mol. The first-order chi connectivity index (χ1) is 12.5. The highest BCUT2D eigenvalue weighted by atomic mass is 28.4. The van der Waals surface area contributed by atoms with Crippen molar-refractivity contribution < 1.29 is 13.3 Å². The summed E-state index contributed by atoms with van der Waals surface area (Å²) in [5.74, 6) is 1.62. The van der Waals surface area contributed by atoms with Crippen LogP contribution in [0.25, 0.3) is 0 Å². The number of rotatable bonds is 12. The Kier molecular flexibility index (Phi) is 7.50. The van der Waals surface area contributed by atoms with Crippen LogP contribution in [0.15, 0.2) is 0 Å². The fourth-order valence-electron chi connectivity index (χ4n) is 2.89. The Bertz CT molecular complexity index is 612. The van der Waals surface area contributed by atoms with Crippen molar-refractivity contribution in [1.82, 2.24) is 30.4 Å². The first-order valence-electron chi connectivity index (χ1n) is 8.54. The Labute approximate surface area is 153 Å². The van der Waals surface area contributed by atoms with Crippen LogP contribution in [-0.2, 0) is 13.3 Å². The van der Waals surface area contributed by atoms with Crippen LogP contribution in [0.1, 0.15) is 49.7 Å². The molecule has 0 bridgehead atoms. The topological polar surface area (TPSA) is 163 Å². The summed E-state index contributed by atoms with van der Waals surface area (Å²) < 4.78 is 16.3. The second-order valence-corrected chi connectivity index (χ2v) is 9.05. The first kappa shape index (κ1) is 20.3. The van der Waals surface area contributed by atoms with Gasteiger partial charge in [0, 0.05) is 27.4 Å². The highest BCUT2D eigenvalue weighted by Crippen LogP contribution is 2.26. The third-order valence-electron chi connectivity index (χ3n) is 4.36. The van der Waals surface area contributed by atoms with E-state index in [0.717, 1.165) is 38.1 Å². The smallest absolute Gasteiger partial charge is 0.377 e. The maximum absolute atomic E-state index is 5.62. The van der Waals surface area contributed by atoms with E-state index < -0.39 is 8.80 Å². The van der Waals surface area contributed by atoms with Gasteiger partial charge in [-0.05, 0) is 12.8 Å². The number of H-pyrrole nitrogens is 2. The van der Waals surface area contributed by atoms with Crippen molar-refractivity contribution in [2.75, 3.05) is 32.8 Å². The standard InChI is InChI=1S/C14H28N8O3Si/c1-23-26(24-2,25-3)9-7-5-4-6-8-10(11-17-13(15)21-19-11)12-18-14(16)22-20-12/h10H,4-9H2,1-3H3,(H3,15,17,19,21)(H3,16,18,20,22). The zero-order valence-corrected chi connectivity index (χ0v) is 16.5. The number of aromatic nitrogens is 6. The first-order valence-corrected chi connectivity index (χ1v) is 10.5. The van der Waals surface area contributed by atoms with Crippen LogP contribution >= 0.6 is 0 Å². The number of hydrogen-bond acceptors (Lipinski definition) is 9. The molecule has 146 valence electrons. The lowest BCUT2D eigenvalue weighted by atomic mass is 9.99. The molecule has 2 aromatic rings. The molecule has 0 saturated carbocycles. The lowest BCUT2D eigenvalue weighted by Crippen LogP contribution is -2.42. The average Bonchev–Trinajstić information content (AvgIpc) is 3.27. The number of anilines is 2. The summed E-state index contributed by atoms with van der Waals surface area (Å²) in [4.78, 5) is 8.43. The summed E-state index contributed by atoms with van der Waals surface area (Å²) in [5, 5.41) is 13.5. The minimum Gasteiger partial charge on any atom is -0.377 e. The van der Waals surface area contributed by atoms with Gasteiger partial charge in [0.2, 0.25) is 11.9 Å². The van der Waals surface area contributed by atoms with Crippen LogP contribution < -0.4 is 11.5 Å². The highest BCUT2D eigenvalue weighted by Gasteiger charge is 2.36. The van der Waals surface area contributed by atoms with Crippen LogP contribution in [0.5, 0.6) is 0 Å². The Hall–Kier alpha value is -2.02. The minimum absolute atomic E-state index is 0.102. The van der Waals surface area contributed by atoms with Gasteiger partial charge in [-0.3, -0.25) is 10.2 Å². The SMILES string of the molecule is CO[Si](CCCCCCC(c1nc(N)n[nH]1)c1nc(N)n[nH]1)(OC)OC. The molecule has 0 aliphatic rings. The molecule has 0 aliphatic carbocycles. The van der Waals surface area contributed by atoms with Gasteiger partial charge in [-0.25, -0.2) is 0 Å². The second kappa shape index (κ2) is 9.61. The van der Waals surface area contributed by atoms with Gasteiger partial charge in [-0.2, -0.15) is 9.97 Å². The van der Waals surface area contributed by atoms with Gasteiger partial charge in [0.25, 0.3) is 0 Å². The molecule has 2 rings (SSSR count). The average molecular weight is 385 g/mol. The maximum atomic E-state index is 5.62. The molecule has 6 N–H and O–H groups in total. The molecule has 2 aromatic heterocycles. The van der Waals surface area contributed by atoms with Crippen molar-refractivity contribution in [3.05, 3.63) is 11.6 Å². The van der Waals surface area contributed by atoms with E-state index in [1.807, 2.05) is 0 Å². The van der Waals surface area contributed by atoms with E-state index in [1.165, 1.54) is 0 Å². The molecule has 2 heterocycles. The number of unbranched alkanes of at least 4 members (excludes halogenated alkanes) is 3. The molecule has 11 nitrogen and oxygen atoms in total. The van der Waals surface area contributed by atoms with Crippen molar-refractivity contribution >= 4 is 20.7 Å². The van der Waals surface area contributed by atoms with Crippen LogP contribution in [0.3, 0.4) is 0 Å². The van der Waals surface area contributed by atoms with Crippen LogP contribution in [0, 0.1) is 0 Å². The van der Waals surface area contributed by atoms with Crippen molar-refractivity contribution in [2.24, 2.45) is 0 Å². The summed E-state index contributed by atoms with van der Waals surface area (Å²) in [7, 11) is 2.43. The van der Waals surface area contributed by atoms with E-state index in [1.54, 1.807) is 21.3 Å². The molecule has 0 atom stereocenters. The Morgan fingerprint density at radius 3 is 1.77 bits per heavy atom. The molecule has 0 radical (unpaired) electrons. The lowest BCUT2D eigenvalue weighted by Gasteiger charge is -2.24. The van der Waals surface area contributed by atoms with Crippen LogP contribution in [-0.4, -0.2) is 60.5 Å². The van der Waals surface area contributed by atoms with Crippen LogP contribution in [0.4, 0.5) is 11.9 Å². The lowest BCUT2D eigenvalue weighted by molar-refractivity contribution is 0.122. The second-order valence-electron chi connectivity index (χ2n) is 5.96. The summed E-state index contributed by atoms with van der Waals surface area (Å²) in [5.41, 5.74) is 11.2. The zero-order chi connectivity index (χ0) is 19.0. The fourth-order valence-corrected chi connectivity index (χ4v) is 4.69. The highest BCUT2D eigenvalue weighted by molar-refractivity contribution is 6.60. The molecular formula is C14H28N8O3Si. The van der Waals surface area contributed by atoms with Gasteiger partial charge < -0.3 is 24.7 Å². The maximum Gasteiger partial charge on any atom is 0.500 e. The minimum atomic E-state index is -2.47. The molecule has 26 heavy (non-hydrogen) atoms. The number of aromatic amines is 2. The molecule has 0 amide bonds. The van der Waals surface area contributed by atoms with Crippen LogP contribution in [0.2, 0.25) is 6.04 Å². The van der Waals surface area contributed by atoms with Gasteiger partial charge in [0.05, 0.1) is 5.92 Å². The predicted molar refractivity (Wildman–Crippen MR) is 98.1 cm³/mol. The van der Waals surface area contributed by atoms with Crippen molar-refractivity contribution in [3.8, 4) is 0 Å². The van der Waals surface area contributed by atoms with Gasteiger partial charge >= 0.3 is 8.80 Å². The number of nitrogens with one attached hydrogen (secondary N) is 2. The third-order valence-corrected chi connectivity index (χ3v) is 7.19. The molecule has 0 aromatic carbocycles. The van der Waals surface area contributed by atoms with E-state index in [-0.39, 0.29) is 17.8 Å². The van der Waals surface area contributed by atoms with Gasteiger partial charge in [0.1, 0.15) is 11.6 Å². The summed E-state index contributed by atoms with van der Waals surface area (Å²) in [6.07, 6.45) is 4.88. The van der Waals surface area contributed by atoms with Gasteiger partial charge in [-0.15, -0.1) is 10.2 Å². The summed E-state index contributed by atoms with van der Waals surface area (Å²) >= 11 is 0. The molecule has 0 saturated heterocycles. The Morgan fingerprint density at radius 1 is 0.846 bits per heavy atom. The molecule has 0 unspecified atom stereocenters. The Balaban J connectivity index is 1.83. The molecule has 12 heteroatoms. The summed E-state index contributed by atoms with van der Waals surface area (Å²) in [6, 6.07) is 0.803. The zero-order valence-electron chi connectivity index (χ0n) is 15.5. The van der Waals surface area contributed by atoms with E-state index in [0.29, 0.717) is 11.6 Å². The van der Waals surface area contributed by atoms with Crippen molar-refractivity contribution in [3.63, 3.8) is 0 Å². The number of nitrogen functional groups attached to an aromatic ring is 2. The van der Waals surface area contributed by atoms with E-state index >= 15 is 0 Å². The number of nitrogens with two attached hydrogens (primary N) is 2. The van der Waals surface area contributed by atoms with E-state index in [2.05, 4.69) is 30.4 Å². The summed E-state index contributed by atoms with van der Waals surface area (Å²) in [6.45, 7) is 0. The fraction of sp³-hybridized carbons (Fsp3) is 0.714. The van der Waals surface area contributed by atoms with E-state index in [4.69, 9.17) is 24.7 Å². The number of hydrogen-bond donors (Lipinski definition) is 4. The predicted octanol–water partition coefficient (Wildman–Crippen LogP) is 1.05. The molecule has 0 spiro atoms. The van der Waals surface area contributed by atoms with Gasteiger partial charge in [-0.1, -0.05) is 19.3 Å². The van der Waals surface area contributed by atoms with E-state index in [9.17, 15) is 0 Å². The molecule has 0 aliphatic heterocycles. The third kappa shape index (κ3) is 5.24. The molecular weight excluding hydrogens is 356 g/mol. The van der Waals surface area contributed by atoms with Crippen molar-refractivity contribution in [2.45, 2.75) is 44.1 Å². The number of nitrogens with zero attached hydrogens (tertiary/aromatic N) is 4. The quantitative estimate of drug-likeness (QED) is 0.309.